The second-order valence-corrected chi connectivity index (χ2v) is 8.78. The Bertz CT molecular complexity index is 874. The Kier molecular flexibility index (Phi) is 9.56. The summed E-state index contributed by atoms with van der Waals surface area (Å²) in [5.41, 5.74) is 1.98. The van der Waals surface area contributed by atoms with Gasteiger partial charge in [-0.2, -0.15) is 0 Å². The minimum atomic E-state index is -0.190. The van der Waals surface area contributed by atoms with Gasteiger partial charge in [0.15, 0.2) is 11.5 Å². The maximum atomic E-state index is 12.8. The van der Waals surface area contributed by atoms with Crippen LogP contribution in [0.5, 0.6) is 11.5 Å². The third-order valence-corrected chi connectivity index (χ3v) is 6.49. The molecule has 2 aliphatic heterocycles. The Morgan fingerprint density at radius 1 is 1.03 bits per heavy atom. The molecule has 3 rings (SSSR count). The summed E-state index contributed by atoms with van der Waals surface area (Å²) >= 11 is 0. The van der Waals surface area contributed by atoms with E-state index in [1.165, 1.54) is 0 Å². The van der Waals surface area contributed by atoms with Crippen LogP contribution in [-0.4, -0.2) is 75.2 Å². The lowest BCUT2D eigenvalue weighted by molar-refractivity contribution is -0.140. The topological polar surface area (TPSA) is 106 Å². The van der Waals surface area contributed by atoms with Crippen molar-refractivity contribution in [2.24, 2.45) is 0 Å². The minimum absolute atomic E-state index is 0.0155. The fourth-order valence-electron chi connectivity index (χ4n) is 4.84. The standard InChI is InChI=1S/C25H37N3O6/c1-4-34-16-24(31)28-19-8-9-20(28)15-27-22(29)10-7-17-12-18(6-5-11-26-23(30)14-19)25(33-3)21(13-17)32-2/h12-13,19-20H,4-11,14-16H2,1-3H3,(H,26,30)(H,27,29)/t19-,20+/m0/s1. The molecule has 188 valence electrons. The SMILES string of the molecule is CCOCC(=O)N1[C@@H]2CC[C@H]1CC(=O)NCCCc1cc(cc(OC)c1OC)CCC(=O)NC2. The second-order valence-electron chi connectivity index (χ2n) is 8.78. The van der Waals surface area contributed by atoms with Gasteiger partial charge >= 0.3 is 0 Å². The highest BCUT2D eigenvalue weighted by Crippen LogP contribution is 2.34. The first-order valence-corrected chi connectivity index (χ1v) is 12.1. The number of hydrogen-bond acceptors (Lipinski definition) is 6. The maximum Gasteiger partial charge on any atom is 0.249 e. The van der Waals surface area contributed by atoms with Crippen molar-refractivity contribution in [2.75, 3.05) is 40.5 Å². The molecule has 0 saturated carbocycles. The number of ether oxygens (including phenoxy) is 3. The Balaban J connectivity index is 1.78. The van der Waals surface area contributed by atoms with Gasteiger partial charge in [0.25, 0.3) is 0 Å². The van der Waals surface area contributed by atoms with Crippen LogP contribution in [0.25, 0.3) is 0 Å². The van der Waals surface area contributed by atoms with E-state index in [4.69, 9.17) is 14.2 Å². The predicted molar refractivity (Wildman–Crippen MR) is 127 cm³/mol. The molecule has 0 unspecified atom stereocenters. The number of carbonyl (C=O) groups is 3. The Morgan fingerprint density at radius 3 is 2.56 bits per heavy atom. The lowest BCUT2D eigenvalue weighted by atomic mass is 10.0. The number of fused-ring (bicyclic) bond motifs is 4. The van der Waals surface area contributed by atoms with Gasteiger partial charge in [-0.15, -0.1) is 0 Å². The number of rotatable bonds is 5. The maximum absolute atomic E-state index is 12.8. The van der Waals surface area contributed by atoms with Crippen LogP contribution in [0, 0.1) is 0 Å². The minimum Gasteiger partial charge on any atom is -0.493 e. The first kappa shape index (κ1) is 25.8. The molecule has 0 spiro atoms. The first-order valence-electron chi connectivity index (χ1n) is 12.1. The number of methoxy groups -OCH3 is 2. The van der Waals surface area contributed by atoms with Crippen molar-refractivity contribution in [1.82, 2.24) is 15.5 Å². The second kappa shape index (κ2) is 12.6. The zero-order chi connectivity index (χ0) is 24.5. The van der Waals surface area contributed by atoms with Gasteiger partial charge in [-0.05, 0) is 56.2 Å². The third-order valence-electron chi connectivity index (χ3n) is 6.49. The van der Waals surface area contributed by atoms with Crippen molar-refractivity contribution in [3.05, 3.63) is 23.3 Å². The summed E-state index contributed by atoms with van der Waals surface area (Å²) in [7, 11) is 3.21. The first-order chi connectivity index (χ1) is 16.5. The van der Waals surface area contributed by atoms with E-state index in [2.05, 4.69) is 10.6 Å². The highest BCUT2D eigenvalue weighted by molar-refractivity contribution is 5.81. The average molecular weight is 476 g/mol. The molecule has 9 heteroatoms. The summed E-state index contributed by atoms with van der Waals surface area (Å²) in [6, 6.07) is 3.62. The number of benzene rings is 1. The van der Waals surface area contributed by atoms with Crippen molar-refractivity contribution >= 4 is 17.7 Å². The molecular formula is C25H37N3O6. The van der Waals surface area contributed by atoms with E-state index in [-0.39, 0.29) is 42.8 Å². The third kappa shape index (κ3) is 6.62. The number of amides is 3. The smallest absolute Gasteiger partial charge is 0.249 e. The summed E-state index contributed by atoms with van der Waals surface area (Å²) < 4.78 is 16.4. The van der Waals surface area contributed by atoms with Gasteiger partial charge in [-0.1, -0.05) is 6.07 Å². The van der Waals surface area contributed by atoms with Crippen molar-refractivity contribution in [2.45, 2.75) is 64.0 Å². The predicted octanol–water partition coefficient (Wildman–Crippen LogP) is 1.60. The van der Waals surface area contributed by atoms with E-state index in [0.29, 0.717) is 50.5 Å². The van der Waals surface area contributed by atoms with Crippen LogP contribution in [0.3, 0.4) is 0 Å². The molecule has 3 amide bonds. The van der Waals surface area contributed by atoms with Gasteiger partial charge < -0.3 is 29.7 Å². The Labute approximate surface area is 201 Å². The van der Waals surface area contributed by atoms with E-state index >= 15 is 0 Å². The van der Waals surface area contributed by atoms with Crippen molar-refractivity contribution in [3.63, 3.8) is 0 Å². The van der Waals surface area contributed by atoms with E-state index in [0.717, 1.165) is 30.4 Å². The van der Waals surface area contributed by atoms with Gasteiger partial charge in [0, 0.05) is 44.6 Å². The molecule has 2 heterocycles. The monoisotopic (exact) mass is 475 g/mol. The summed E-state index contributed by atoms with van der Waals surface area (Å²) in [6.45, 7) is 3.16. The summed E-state index contributed by atoms with van der Waals surface area (Å²) in [6.07, 6.45) is 4.05. The van der Waals surface area contributed by atoms with Gasteiger partial charge in [-0.25, -0.2) is 0 Å². The van der Waals surface area contributed by atoms with Crippen molar-refractivity contribution < 1.29 is 28.6 Å². The Morgan fingerprint density at radius 2 is 1.82 bits per heavy atom. The normalized spacial score (nSPS) is 21.9. The molecule has 1 aromatic carbocycles. The van der Waals surface area contributed by atoms with Crippen LogP contribution < -0.4 is 20.1 Å². The molecule has 4 bridgehead atoms. The quantitative estimate of drug-likeness (QED) is 0.670. The van der Waals surface area contributed by atoms with Gasteiger partial charge in [0.1, 0.15) is 6.61 Å². The van der Waals surface area contributed by atoms with Gasteiger partial charge in [0.05, 0.1) is 14.2 Å². The molecule has 2 N–H and O–H groups in total. The fraction of sp³-hybridized carbons (Fsp3) is 0.640. The van der Waals surface area contributed by atoms with E-state index in [9.17, 15) is 14.4 Å². The number of nitrogens with zero attached hydrogens (tertiary/aromatic N) is 1. The average Bonchev–Trinajstić information content (AvgIpc) is 3.23. The number of carbonyl (C=O) groups excluding carboxylic acids is 3. The molecule has 9 nitrogen and oxygen atoms in total. The molecular weight excluding hydrogens is 438 g/mol. The van der Waals surface area contributed by atoms with Crippen LogP contribution in [0.2, 0.25) is 0 Å². The van der Waals surface area contributed by atoms with Crippen LogP contribution in [0.4, 0.5) is 0 Å². The molecule has 34 heavy (non-hydrogen) atoms. The zero-order valence-electron chi connectivity index (χ0n) is 20.5. The lowest BCUT2D eigenvalue weighted by Gasteiger charge is -2.30. The molecule has 1 saturated heterocycles. The largest absolute Gasteiger partial charge is 0.493 e. The molecule has 0 aliphatic carbocycles. The molecule has 1 fully saturated rings. The van der Waals surface area contributed by atoms with Gasteiger partial charge in [-0.3, -0.25) is 14.4 Å². The van der Waals surface area contributed by atoms with Crippen molar-refractivity contribution in [3.8, 4) is 11.5 Å². The number of hydrogen-bond donors (Lipinski definition) is 2. The molecule has 2 aliphatic rings. The number of nitrogens with one attached hydrogen (secondary N) is 2. The van der Waals surface area contributed by atoms with E-state index in [1.807, 2.05) is 19.1 Å². The highest BCUT2D eigenvalue weighted by Gasteiger charge is 2.37. The molecule has 0 radical (unpaired) electrons. The molecule has 2 atom stereocenters. The molecule has 1 aromatic rings. The number of aryl methyl sites for hydroxylation is 2. The lowest BCUT2D eigenvalue weighted by Crippen LogP contribution is -2.49. The Hall–Kier alpha value is -2.81. The van der Waals surface area contributed by atoms with Crippen LogP contribution in [0.15, 0.2) is 12.1 Å². The van der Waals surface area contributed by atoms with Crippen LogP contribution in [0.1, 0.15) is 50.2 Å². The fourth-order valence-corrected chi connectivity index (χ4v) is 4.84. The highest BCUT2D eigenvalue weighted by atomic mass is 16.5. The van der Waals surface area contributed by atoms with Gasteiger partial charge in [0.2, 0.25) is 17.7 Å². The van der Waals surface area contributed by atoms with Crippen LogP contribution in [-0.2, 0) is 32.0 Å². The molecule has 0 aromatic heterocycles. The zero-order valence-corrected chi connectivity index (χ0v) is 20.5. The van der Waals surface area contributed by atoms with Crippen molar-refractivity contribution in [1.29, 1.82) is 0 Å². The van der Waals surface area contributed by atoms with E-state index in [1.54, 1.807) is 19.1 Å². The summed E-state index contributed by atoms with van der Waals surface area (Å²) in [5, 5.41) is 5.98. The summed E-state index contributed by atoms with van der Waals surface area (Å²) in [5.74, 6) is 1.04. The van der Waals surface area contributed by atoms with Crippen LogP contribution >= 0.6 is 0 Å². The summed E-state index contributed by atoms with van der Waals surface area (Å²) in [4.78, 5) is 39.9. The van der Waals surface area contributed by atoms with E-state index < -0.39 is 0 Å².